The van der Waals surface area contributed by atoms with Crippen molar-refractivity contribution in [2.45, 2.75) is 201 Å². The molecule has 0 saturated carbocycles. The Kier molecular flexibility index (Phi) is 22.7. The Bertz CT molecular complexity index is 596. The minimum absolute atomic E-state index is 0.361. The van der Waals surface area contributed by atoms with E-state index < -0.39 is 16.9 Å². The average molecular weight is 613 g/mol. The topological polar surface area (TPSA) is 27.7 Å². The first-order valence-electron chi connectivity index (χ1n) is 18.4. The van der Waals surface area contributed by atoms with Crippen LogP contribution in [0.4, 0.5) is 0 Å². The Morgan fingerprint density at radius 2 is 0.951 bits per heavy atom. The molecule has 1 fully saturated rings. The molecule has 1 aliphatic rings. The van der Waals surface area contributed by atoms with Crippen molar-refractivity contribution in [3.8, 4) is 0 Å². The second kappa shape index (κ2) is 23.7. The number of hydrogen-bond donors (Lipinski definition) is 0. The monoisotopic (exact) mass is 613 g/mol. The van der Waals surface area contributed by atoms with Gasteiger partial charge in [0.1, 0.15) is 0 Å². The normalized spacial score (nSPS) is 29.0. The van der Waals surface area contributed by atoms with Gasteiger partial charge >= 0.3 is 8.56 Å². The van der Waals surface area contributed by atoms with Crippen molar-refractivity contribution in [1.29, 1.82) is 0 Å². The Balaban J connectivity index is 2.62. The lowest BCUT2D eigenvalue weighted by Crippen LogP contribution is -2.48. The van der Waals surface area contributed by atoms with Gasteiger partial charge in [0.15, 0.2) is 0 Å². The zero-order valence-electron chi connectivity index (χ0n) is 29.4. The quantitative estimate of drug-likeness (QED) is 0.296. The third-order valence-corrected chi connectivity index (χ3v) is 15.7. The summed E-state index contributed by atoms with van der Waals surface area (Å²) in [5.74, 6) is 0.670. The van der Waals surface area contributed by atoms with E-state index in [9.17, 15) is 0 Å². The maximum absolute atomic E-state index is 6.82. The molecule has 3 nitrogen and oxygen atoms in total. The molecule has 3 atom stereocenters. The zero-order valence-corrected chi connectivity index (χ0v) is 31.4. The summed E-state index contributed by atoms with van der Waals surface area (Å²) in [5.41, 5.74) is 0.361. The molecular formula is C36H76O3Si2. The molecule has 0 amide bonds. The first-order chi connectivity index (χ1) is 19.6. The summed E-state index contributed by atoms with van der Waals surface area (Å²) in [6.07, 6.45) is 33.0. The van der Waals surface area contributed by atoms with Crippen molar-refractivity contribution in [2.24, 2.45) is 11.3 Å². The van der Waals surface area contributed by atoms with E-state index in [0.717, 1.165) is 18.9 Å². The van der Waals surface area contributed by atoms with Crippen LogP contribution in [0.5, 0.6) is 0 Å². The summed E-state index contributed by atoms with van der Waals surface area (Å²) >= 11 is 0. The van der Waals surface area contributed by atoms with Gasteiger partial charge in [-0.05, 0) is 49.4 Å². The highest BCUT2D eigenvalue weighted by atomic mass is 28.4. The van der Waals surface area contributed by atoms with Crippen LogP contribution in [-0.4, -0.2) is 36.8 Å². The Labute approximate surface area is 261 Å². The third kappa shape index (κ3) is 23.4. The highest BCUT2D eigenvalue weighted by Crippen LogP contribution is 2.31. The van der Waals surface area contributed by atoms with Gasteiger partial charge in [-0.2, -0.15) is 0 Å². The fourth-order valence-corrected chi connectivity index (χ4v) is 13.3. The second-order valence-electron chi connectivity index (χ2n) is 15.5. The van der Waals surface area contributed by atoms with Crippen molar-refractivity contribution in [1.82, 2.24) is 0 Å². The average Bonchev–Trinajstić information content (AvgIpc) is 2.90. The smallest absolute Gasteiger partial charge is 0.334 e. The molecule has 1 saturated heterocycles. The van der Waals surface area contributed by atoms with Gasteiger partial charge in [-0.3, -0.25) is 0 Å². The molecule has 0 bridgehead atoms. The molecule has 0 aromatic heterocycles. The van der Waals surface area contributed by atoms with Crippen LogP contribution in [0.15, 0.2) is 0 Å². The van der Waals surface area contributed by atoms with Gasteiger partial charge < -0.3 is 13.3 Å². The molecular weight excluding hydrogens is 537 g/mol. The Hall–Kier alpha value is 0.314. The summed E-state index contributed by atoms with van der Waals surface area (Å²) in [4.78, 5) is 0. The highest BCUT2D eigenvalue weighted by molar-refractivity contribution is 6.74. The predicted molar refractivity (Wildman–Crippen MR) is 187 cm³/mol. The van der Waals surface area contributed by atoms with E-state index >= 15 is 0 Å². The predicted octanol–water partition coefficient (Wildman–Crippen LogP) is 12.5. The Morgan fingerprint density at radius 1 is 0.585 bits per heavy atom. The Morgan fingerprint density at radius 3 is 1.32 bits per heavy atom. The summed E-state index contributed by atoms with van der Waals surface area (Å²) < 4.78 is 19.7. The largest absolute Gasteiger partial charge is 0.415 e. The van der Waals surface area contributed by atoms with Gasteiger partial charge in [-0.15, -0.1) is 0 Å². The van der Waals surface area contributed by atoms with E-state index in [4.69, 9.17) is 13.3 Å². The van der Waals surface area contributed by atoms with Crippen LogP contribution >= 0.6 is 0 Å². The van der Waals surface area contributed by atoms with Crippen LogP contribution in [0.25, 0.3) is 0 Å². The van der Waals surface area contributed by atoms with Gasteiger partial charge in [0.05, 0.1) is 6.23 Å². The lowest BCUT2D eigenvalue weighted by atomic mass is 9.86. The van der Waals surface area contributed by atoms with E-state index in [-0.39, 0.29) is 0 Å². The molecule has 3 unspecified atom stereocenters. The molecule has 0 N–H and O–H groups in total. The molecule has 246 valence electrons. The second-order valence-corrected chi connectivity index (χ2v) is 22.9. The molecule has 41 heavy (non-hydrogen) atoms. The fraction of sp³-hybridized carbons (Fsp3) is 1.00. The van der Waals surface area contributed by atoms with Crippen LogP contribution < -0.4 is 0 Å². The number of hydrogen-bond acceptors (Lipinski definition) is 3. The lowest BCUT2D eigenvalue weighted by Gasteiger charge is -2.35. The van der Waals surface area contributed by atoms with Crippen molar-refractivity contribution < 1.29 is 13.3 Å². The van der Waals surface area contributed by atoms with Crippen molar-refractivity contribution in [2.75, 3.05) is 19.9 Å². The van der Waals surface area contributed by atoms with Gasteiger partial charge in [-0.1, -0.05) is 163 Å². The van der Waals surface area contributed by atoms with E-state index in [1.54, 1.807) is 0 Å². The number of rotatable bonds is 4. The van der Waals surface area contributed by atoms with Crippen LogP contribution in [0, 0.1) is 11.3 Å². The summed E-state index contributed by atoms with van der Waals surface area (Å²) in [6.45, 7) is 15.2. The minimum atomic E-state index is -2.15. The van der Waals surface area contributed by atoms with E-state index in [1.807, 2.05) is 7.11 Å². The van der Waals surface area contributed by atoms with Crippen molar-refractivity contribution >= 4 is 16.9 Å². The first kappa shape index (κ1) is 39.3. The zero-order chi connectivity index (χ0) is 30.3. The van der Waals surface area contributed by atoms with Crippen LogP contribution in [0.1, 0.15) is 175 Å². The summed E-state index contributed by atoms with van der Waals surface area (Å²) in [7, 11) is -2.23. The molecule has 5 heteroatoms. The van der Waals surface area contributed by atoms with E-state index in [1.165, 1.54) is 154 Å². The lowest BCUT2D eigenvalue weighted by molar-refractivity contribution is 0.201. The van der Waals surface area contributed by atoms with Gasteiger partial charge in [0.2, 0.25) is 8.32 Å². The summed E-state index contributed by atoms with van der Waals surface area (Å²) in [5, 5.41) is 0. The summed E-state index contributed by atoms with van der Waals surface area (Å²) in [6, 6.07) is 2.31. The van der Waals surface area contributed by atoms with Crippen LogP contribution in [-0.2, 0) is 13.3 Å². The van der Waals surface area contributed by atoms with Crippen molar-refractivity contribution in [3.05, 3.63) is 0 Å². The van der Waals surface area contributed by atoms with Gasteiger partial charge in [-0.25, -0.2) is 0 Å². The molecule has 0 aromatic rings. The molecule has 0 aliphatic carbocycles. The molecule has 1 heterocycles. The van der Waals surface area contributed by atoms with Gasteiger partial charge in [0, 0.05) is 13.7 Å². The van der Waals surface area contributed by atoms with E-state index in [0.29, 0.717) is 11.3 Å². The SMILES string of the molecule is CO[Si]1(C)CCCCCCCCCCCCCCCCCCCCCCCCO[Si](C)(CC(C)CC(C)(C)C)CO1. The van der Waals surface area contributed by atoms with Crippen LogP contribution in [0.3, 0.4) is 0 Å². The molecule has 0 spiro atoms. The van der Waals surface area contributed by atoms with E-state index in [2.05, 4.69) is 40.8 Å². The molecule has 1 aliphatic heterocycles. The fourth-order valence-electron chi connectivity index (χ4n) is 6.95. The molecule has 0 aromatic carbocycles. The maximum Gasteiger partial charge on any atom is 0.334 e. The minimum Gasteiger partial charge on any atom is -0.415 e. The van der Waals surface area contributed by atoms with Gasteiger partial charge in [0.25, 0.3) is 0 Å². The third-order valence-electron chi connectivity index (χ3n) is 9.33. The standard InChI is InChI=1S/C36H76O3Si2/c1-35(32-36(2,3)4)33-40(6)34-39-41(7,37-5)31-29-27-25-23-21-19-17-15-13-11-9-8-10-12-14-16-18-20-22-24-26-28-30-38-40/h35H,8-34H2,1-7H3. The highest BCUT2D eigenvalue weighted by Gasteiger charge is 2.38. The van der Waals surface area contributed by atoms with Crippen LogP contribution in [0.2, 0.25) is 25.2 Å². The maximum atomic E-state index is 6.82. The molecule has 1 rings (SSSR count). The first-order valence-corrected chi connectivity index (χ1v) is 23.8. The molecule has 0 radical (unpaired) electrons. The van der Waals surface area contributed by atoms with Crippen molar-refractivity contribution in [3.63, 3.8) is 0 Å².